The van der Waals surface area contributed by atoms with Gasteiger partial charge in [0, 0.05) is 10.7 Å². The van der Waals surface area contributed by atoms with Crippen LogP contribution in [-0.4, -0.2) is 18.8 Å². The Hall–Kier alpha value is -1.55. The lowest BCUT2D eigenvalue weighted by Crippen LogP contribution is -2.40. The molecule has 0 bridgehead atoms. The number of nitrogens with zero attached hydrogens (tertiary/aromatic N) is 2. The lowest BCUT2D eigenvalue weighted by atomic mass is 10.2. The molecule has 0 unspecified atom stereocenters. The van der Waals surface area contributed by atoms with Crippen molar-refractivity contribution >= 4 is 29.5 Å². The highest BCUT2D eigenvalue weighted by atomic mass is 35.5. The van der Waals surface area contributed by atoms with E-state index in [4.69, 9.17) is 11.6 Å². The number of carbonyl (C=O) groups is 1. The number of rotatable bonds is 1. The first kappa shape index (κ1) is 9.98. The van der Waals surface area contributed by atoms with Crippen LogP contribution in [0.1, 0.15) is 5.56 Å². The van der Waals surface area contributed by atoms with E-state index in [1.807, 2.05) is 25.1 Å². The molecule has 15 heavy (non-hydrogen) atoms. The summed E-state index contributed by atoms with van der Waals surface area (Å²) >= 11 is 5.90. The van der Waals surface area contributed by atoms with E-state index in [0.29, 0.717) is 5.02 Å². The number of amides is 1. The van der Waals surface area contributed by atoms with Gasteiger partial charge in [0.15, 0.2) is 0 Å². The number of carbonyl (C=O) groups excluding carboxylic acids is 1. The van der Waals surface area contributed by atoms with Gasteiger partial charge in [0.1, 0.15) is 12.9 Å². The molecule has 0 radical (unpaired) electrons. The Morgan fingerprint density at radius 1 is 1.53 bits per heavy atom. The Morgan fingerprint density at radius 3 is 3.07 bits per heavy atom. The molecule has 1 aromatic carbocycles. The van der Waals surface area contributed by atoms with Crippen molar-refractivity contribution < 1.29 is 4.79 Å². The summed E-state index contributed by atoms with van der Waals surface area (Å²) in [6.07, 6.45) is 1.58. The summed E-state index contributed by atoms with van der Waals surface area (Å²) in [5, 5.41) is 4.39. The molecule has 1 aromatic rings. The Morgan fingerprint density at radius 2 is 2.33 bits per heavy atom. The van der Waals surface area contributed by atoms with Crippen molar-refractivity contribution in [3.8, 4) is 0 Å². The second kappa shape index (κ2) is 3.90. The molecule has 0 aliphatic carbocycles. The quantitative estimate of drug-likeness (QED) is 0.785. The van der Waals surface area contributed by atoms with Crippen molar-refractivity contribution in [1.82, 2.24) is 5.43 Å². The normalized spacial score (nSPS) is 15.3. The van der Waals surface area contributed by atoms with Gasteiger partial charge in [0.25, 0.3) is 5.91 Å². The number of hydrazone groups is 1. The molecule has 78 valence electrons. The number of halogens is 1. The fraction of sp³-hybridized carbons (Fsp3) is 0.200. The van der Waals surface area contributed by atoms with E-state index in [-0.39, 0.29) is 12.5 Å². The molecule has 1 aliphatic rings. The molecule has 1 heterocycles. The van der Waals surface area contributed by atoms with Crippen molar-refractivity contribution in [2.75, 3.05) is 11.4 Å². The number of aryl methyl sites for hydroxylation is 1. The van der Waals surface area contributed by atoms with Gasteiger partial charge in [-0.3, -0.25) is 4.79 Å². The summed E-state index contributed by atoms with van der Waals surface area (Å²) in [5.41, 5.74) is 4.33. The second-order valence-electron chi connectivity index (χ2n) is 3.34. The van der Waals surface area contributed by atoms with Gasteiger partial charge in [0.05, 0.1) is 0 Å². The zero-order valence-corrected chi connectivity index (χ0v) is 8.95. The fourth-order valence-corrected chi connectivity index (χ4v) is 1.61. The minimum absolute atomic E-state index is 0.128. The van der Waals surface area contributed by atoms with Gasteiger partial charge in [0.2, 0.25) is 0 Å². The van der Waals surface area contributed by atoms with Crippen LogP contribution in [0.15, 0.2) is 23.3 Å². The largest absolute Gasteiger partial charge is 0.321 e. The summed E-state index contributed by atoms with van der Waals surface area (Å²) in [6, 6.07) is 5.56. The fourth-order valence-electron chi connectivity index (χ4n) is 1.44. The summed E-state index contributed by atoms with van der Waals surface area (Å²) < 4.78 is 0. The average molecular weight is 224 g/mol. The van der Waals surface area contributed by atoms with Gasteiger partial charge in [-0.1, -0.05) is 17.7 Å². The standard InChI is InChI=1S/C10H10ClN3O/c1-7-2-3-8(11)4-9(7)14-5-10(15)13-12-6-14/h2-4,6H,5H2,1H3,(H,13,15). The number of nitrogens with one attached hydrogen (secondary N) is 1. The van der Waals surface area contributed by atoms with Crippen molar-refractivity contribution in [1.29, 1.82) is 0 Å². The number of benzene rings is 1. The molecule has 2 rings (SSSR count). The van der Waals surface area contributed by atoms with E-state index in [9.17, 15) is 4.79 Å². The molecule has 0 spiro atoms. The van der Waals surface area contributed by atoms with E-state index in [1.165, 1.54) is 0 Å². The molecular formula is C10H10ClN3O. The van der Waals surface area contributed by atoms with Gasteiger partial charge in [-0.25, -0.2) is 5.43 Å². The molecule has 0 aromatic heterocycles. The summed E-state index contributed by atoms with van der Waals surface area (Å²) in [7, 11) is 0. The topological polar surface area (TPSA) is 44.7 Å². The van der Waals surface area contributed by atoms with Crippen molar-refractivity contribution in [2.24, 2.45) is 5.10 Å². The van der Waals surface area contributed by atoms with Crippen molar-refractivity contribution in [2.45, 2.75) is 6.92 Å². The molecule has 0 atom stereocenters. The van der Waals surface area contributed by atoms with Crippen LogP contribution in [0.25, 0.3) is 0 Å². The van der Waals surface area contributed by atoms with E-state index in [2.05, 4.69) is 10.5 Å². The Labute approximate surface area is 92.5 Å². The van der Waals surface area contributed by atoms with Crippen LogP contribution < -0.4 is 10.3 Å². The highest BCUT2D eigenvalue weighted by Crippen LogP contribution is 2.23. The van der Waals surface area contributed by atoms with E-state index < -0.39 is 0 Å². The number of anilines is 1. The summed E-state index contributed by atoms with van der Waals surface area (Å²) in [4.78, 5) is 12.9. The van der Waals surface area contributed by atoms with Crippen LogP contribution in [0.2, 0.25) is 5.02 Å². The first-order chi connectivity index (χ1) is 7.16. The van der Waals surface area contributed by atoms with Crippen molar-refractivity contribution in [3.63, 3.8) is 0 Å². The SMILES string of the molecule is Cc1ccc(Cl)cc1N1C=NNC(=O)C1. The Bertz CT molecular complexity index is 431. The molecule has 4 nitrogen and oxygen atoms in total. The first-order valence-corrected chi connectivity index (χ1v) is 4.89. The van der Waals surface area contributed by atoms with Crippen LogP contribution >= 0.6 is 11.6 Å². The summed E-state index contributed by atoms with van der Waals surface area (Å²) in [6.45, 7) is 2.23. The third-order valence-corrected chi connectivity index (χ3v) is 2.42. The van der Waals surface area contributed by atoms with E-state index >= 15 is 0 Å². The lowest BCUT2D eigenvalue weighted by Gasteiger charge is -2.23. The Balaban J connectivity index is 2.36. The first-order valence-electron chi connectivity index (χ1n) is 4.51. The molecule has 1 N–H and O–H groups in total. The van der Waals surface area contributed by atoms with Crippen LogP contribution in [0.3, 0.4) is 0 Å². The molecule has 5 heteroatoms. The molecule has 0 fully saturated rings. The monoisotopic (exact) mass is 223 g/mol. The van der Waals surface area contributed by atoms with Crippen LogP contribution in [0.5, 0.6) is 0 Å². The molecule has 1 aliphatic heterocycles. The predicted molar refractivity (Wildman–Crippen MR) is 60.2 cm³/mol. The number of hydrogen-bond donors (Lipinski definition) is 1. The predicted octanol–water partition coefficient (Wildman–Crippen LogP) is 1.53. The minimum Gasteiger partial charge on any atom is -0.321 e. The zero-order chi connectivity index (χ0) is 10.8. The van der Waals surface area contributed by atoms with Gasteiger partial charge >= 0.3 is 0 Å². The van der Waals surface area contributed by atoms with Crippen LogP contribution in [-0.2, 0) is 4.79 Å². The molecule has 0 saturated carbocycles. The zero-order valence-electron chi connectivity index (χ0n) is 8.20. The highest BCUT2D eigenvalue weighted by Gasteiger charge is 2.15. The van der Waals surface area contributed by atoms with E-state index in [0.717, 1.165) is 11.3 Å². The maximum Gasteiger partial charge on any atom is 0.260 e. The third kappa shape index (κ3) is 2.10. The highest BCUT2D eigenvalue weighted by molar-refractivity contribution is 6.31. The van der Waals surface area contributed by atoms with Crippen LogP contribution in [0, 0.1) is 6.92 Å². The molecule has 0 saturated heterocycles. The maximum absolute atomic E-state index is 11.1. The number of hydrogen-bond acceptors (Lipinski definition) is 3. The summed E-state index contributed by atoms with van der Waals surface area (Å²) in [5.74, 6) is -0.128. The third-order valence-electron chi connectivity index (χ3n) is 2.18. The molecular weight excluding hydrogens is 214 g/mol. The van der Waals surface area contributed by atoms with Crippen LogP contribution in [0.4, 0.5) is 5.69 Å². The van der Waals surface area contributed by atoms with Crippen molar-refractivity contribution in [3.05, 3.63) is 28.8 Å². The smallest absolute Gasteiger partial charge is 0.260 e. The lowest BCUT2D eigenvalue weighted by molar-refractivity contribution is -0.119. The van der Waals surface area contributed by atoms with Gasteiger partial charge < -0.3 is 4.90 Å². The molecule has 1 amide bonds. The minimum atomic E-state index is -0.128. The Kier molecular flexibility index (Phi) is 2.60. The van der Waals surface area contributed by atoms with Gasteiger partial charge in [-0.15, -0.1) is 0 Å². The maximum atomic E-state index is 11.1. The second-order valence-corrected chi connectivity index (χ2v) is 3.77. The van der Waals surface area contributed by atoms with Gasteiger partial charge in [-0.2, -0.15) is 5.10 Å². The van der Waals surface area contributed by atoms with E-state index in [1.54, 1.807) is 11.2 Å². The van der Waals surface area contributed by atoms with Gasteiger partial charge in [-0.05, 0) is 24.6 Å². The average Bonchev–Trinajstić information content (AvgIpc) is 2.22.